The molecule has 6 nitrogen and oxygen atoms in total. The Kier molecular flexibility index (Phi) is 8.08. The van der Waals surface area contributed by atoms with Crippen molar-refractivity contribution in [2.24, 2.45) is 0 Å². The molecule has 0 aromatic heterocycles. The van der Waals surface area contributed by atoms with Crippen LogP contribution in [0.1, 0.15) is 25.3 Å². The summed E-state index contributed by atoms with van der Waals surface area (Å²) in [5.41, 5.74) is 3.09. The lowest BCUT2D eigenvalue weighted by Crippen LogP contribution is -2.36. The summed E-state index contributed by atoms with van der Waals surface area (Å²) in [4.78, 5) is 16.2. The van der Waals surface area contributed by atoms with Crippen LogP contribution in [0.4, 0.5) is 29.3 Å². The highest BCUT2D eigenvalue weighted by Crippen LogP contribution is 2.34. The van der Waals surface area contributed by atoms with Crippen LogP contribution < -0.4 is 15.0 Å². The summed E-state index contributed by atoms with van der Waals surface area (Å²) in [5, 5.41) is 3.15. The number of allylic oxidation sites excluding steroid dienone is 2. The molecule has 0 aliphatic carbocycles. The lowest BCUT2D eigenvalue weighted by Gasteiger charge is -2.26. The highest BCUT2D eigenvalue weighted by Gasteiger charge is 2.31. The van der Waals surface area contributed by atoms with Crippen molar-refractivity contribution in [3.05, 3.63) is 65.9 Å². The van der Waals surface area contributed by atoms with Crippen LogP contribution in [0.5, 0.6) is 5.75 Å². The normalized spacial score (nSPS) is 16.5. The van der Waals surface area contributed by atoms with E-state index >= 15 is 0 Å². The van der Waals surface area contributed by atoms with Crippen molar-refractivity contribution in [2.75, 3.05) is 36.9 Å². The van der Waals surface area contributed by atoms with Crippen molar-refractivity contribution < 1.29 is 27.4 Å². The number of ether oxygens (including phenoxy) is 2. The summed E-state index contributed by atoms with van der Waals surface area (Å²) in [6.45, 7) is 3.26. The van der Waals surface area contributed by atoms with Crippen LogP contribution in [0.3, 0.4) is 0 Å². The van der Waals surface area contributed by atoms with Crippen LogP contribution in [-0.4, -0.2) is 44.0 Å². The molecule has 0 unspecified atom stereocenters. The third-order valence-corrected chi connectivity index (χ3v) is 5.35. The summed E-state index contributed by atoms with van der Waals surface area (Å²) in [7, 11) is 1.86. The first-order chi connectivity index (χ1) is 15.8. The average molecular weight is 464 g/mol. The van der Waals surface area contributed by atoms with E-state index < -0.39 is 12.5 Å². The second kappa shape index (κ2) is 11.0. The summed E-state index contributed by atoms with van der Waals surface area (Å²) in [5.74, 6) is -0.307. The van der Waals surface area contributed by atoms with Gasteiger partial charge in [0, 0.05) is 38.4 Å². The van der Waals surface area contributed by atoms with Crippen LogP contribution in [0, 0.1) is 0 Å². The monoisotopic (exact) mass is 463 g/mol. The second-order valence-corrected chi connectivity index (χ2v) is 7.62. The first-order valence-electron chi connectivity index (χ1n) is 10.7. The standard InChI is InChI=1S/C24H28F3N3O3/c1-3-19-10-7-14-30(23(31)32-17-18-8-5-4-6-9-18)15-13-28-21-16-20(33-24(25,26)27)11-12-22(21)29(19)2/h3-6,8-9,11-12,16,28H,7,10,13-15,17H2,1-2H3. The van der Waals surface area contributed by atoms with E-state index in [0.717, 1.165) is 23.4 Å². The molecular weight excluding hydrogens is 435 g/mol. The van der Waals surface area contributed by atoms with Gasteiger partial charge < -0.3 is 24.6 Å². The van der Waals surface area contributed by atoms with E-state index in [4.69, 9.17) is 4.74 Å². The van der Waals surface area contributed by atoms with Crippen molar-refractivity contribution in [1.82, 2.24) is 4.90 Å². The number of anilines is 2. The third kappa shape index (κ3) is 7.06. The quantitative estimate of drug-likeness (QED) is 0.626. The first kappa shape index (κ1) is 24.3. The van der Waals surface area contributed by atoms with E-state index in [1.165, 1.54) is 12.1 Å². The van der Waals surface area contributed by atoms with Gasteiger partial charge >= 0.3 is 12.5 Å². The number of rotatable bonds is 3. The fourth-order valence-electron chi connectivity index (χ4n) is 3.69. The zero-order valence-corrected chi connectivity index (χ0v) is 18.7. The van der Waals surface area contributed by atoms with E-state index in [-0.39, 0.29) is 12.4 Å². The molecule has 1 amide bonds. The lowest BCUT2D eigenvalue weighted by molar-refractivity contribution is -0.274. The van der Waals surface area contributed by atoms with Crippen LogP contribution >= 0.6 is 0 Å². The molecular formula is C24H28F3N3O3. The number of hydrogen-bond donors (Lipinski definition) is 1. The third-order valence-electron chi connectivity index (χ3n) is 5.35. The van der Waals surface area contributed by atoms with E-state index in [9.17, 15) is 18.0 Å². The van der Waals surface area contributed by atoms with Crippen molar-refractivity contribution in [1.29, 1.82) is 0 Å². The molecule has 0 saturated heterocycles. The predicted octanol–water partition coefficient (Wildman–Crippen LogP) is 5.77. The van der Waals surface area contributed by atoms with Gasteiger partial charge in [0.1, 0.15) is 12.4 Å². The Morgan fingerprint density at radius 2 is 1.91 bits per heavy atom. The van der Waals surface area contributed by atoms with Crippen LogP contribution in [0.15, 0.2) is 60.3 Å². The SMILES string of the molecule is CC=C1CCCN(C(=O)OCc2ccccc2)CCNc2cc(OC(F)(F)F)ccc2N1C. The van der Waals surface area contributed by atoms with Gasteiger partial charge in [-0.25, -0.2) is 4.79 Å². The molecule has 0 spiro atoms. The van der Waals surface area contributed by atoms with Crippen molar-refractivity contribution in [2.45, 2.75) is 32.7 Å². The van der Waals surface area contributed by atoms with Crippen LogP contribution in [-0.2, 0) is 11.3 Å². The molecule has 0 fully saturated rings. The largest absolute Gasteiger partial charge is 0.573 e. The van der Waals surface area contributed by atoms with E-state index in [1.807, 2.05) is 55.3 Å². The fourth-order valence-corrected chi connectivity index (χ4v) is 3.69. The molecule has 1 heterocycles. The summed E-state index contributed by atoms with van der Waals surface area (Å²) in [6.07, 6.45) is -1.84. The fraction of sp³-hybridized carbons (Fsp3) is 0.375. The van der Waals surface area contributed by atoms with Crippen molar-refractivity contribution >= 4 is 17.5 Å². The number of nitrogens with one attached hydrogen (secondary N) is 1. The molecule has 2 aromatic carbocycles. The maximum atomic E-state index is 12.7. The number of benzene rings is 2. The predicted molar refractivity (Wildman–Crippen MR) is 121 cm³/mol. The molecule has 1 aliphatic rings. The van der Waals surface area contributed by atoms with Gasteiger partial charge in [-0.1, -0.05) is 36.4 Å². The Morgan fingerprint density at radius 3 is 2.61 bits per heavy atom. The number of alkyl halides is 3. The van der Waals surface area contributed by atoms with Crippen molar-refractivity contribution in [3.8, 4) is 5.75 Å². The number of hydrogen-bond acceptors (Lipinski definition) is 5. The Balaban J connectivity index is 1.76. The van der Waals surface area contributed by atoms with Gasteiger partial charge in [0.05, 0.1) is 11.4 Å². The van der Waals surface area contributed by atoms with Gasteiger partial charge in [-0.15, -0.1) is 13.2 Å². The molecule has 1 N–H and O–H groups in total. The van der Waals surface area contributed by atoms with E-state index in [2.05, 4.69) is 10.1 Å². The minimum absolute atomic E-state index is 0.174. The zero-order chi connectivity index (χ0) is 23.8. The van der Waals surface area contributed by atoms with Gasteiger partial charge in [0.2, 0.25) is 0 Å². The smallest absolute Gasteiger partial charge is 0.445 e. The van der Waals surface area contributed by atoms with E-state index in [0.29, 0.717) is 31.7 Å². The number of fused-ring (bicyclic) bond motifs is 1. The highest BCUT2D eigenvalue weighted by atomic mass is 19.4. The number of halogens is 3. The van der Waals surface area contributed by atoms with E-state index in [1.54, 1.807) is 11.0 Å². The molecule has 0 atom stereocenters. The number of carbonyl (C=O) groups excluding carboxylic acids is 1. The maximum Gasteiger partial charge on any atom is 0.573 e. The molecule has 33 heavy (non-hydrogen) atoms. The summed E-state index contributed by atoms with van der Waals surface area (Å²) in [6, 6.07) is 13.6. The molecule has 1 aliphatic heterocycles. The molecule has 9 heteroatoms. The molecule has 178 valence electrons. The molecule has 0 saturated carbocycles. The van der Waals surface area contributed by atoms with Crippen molar-refractivity contribution in [3.63, 3.8) is 0 Å². The zero-order valence-electron chi connectivity index (χ0n) is 18.7. The number of nitrogens with zero attached hydrogens (tertiary/aromatic N) is 2. The molecule has 0 bridgehead atoms. The van der Waals surface area contributed by atoms with Crippen LogP contribution in [0.25, 0.3) is 0 Å². The number of carbonyl (C=O) groups is 1. The van der Waals surface area contributed by atoms with Gasteiger partial charge in [0.15, 0.2) is 0 Å². The molecule has 0 radical (unpaired) electrons. The Hall–Kier alpha value is -3.36. The summed E-state index contributed by atoms with van der Waals surface area (Å²) >= 11 is 0. The minimum atomic E-state index is -4.78. The Morgan fingerprint density at radius 1 is 1.15 bits per heavy atom. The second-order valence-electron chi connectivity index (χ2n) is 7.62. The van der Waals surface area contributed by atoms with Gasteiger partial charge in [-0.3, -0.25) is 0 Å². The topological polar surface area (TPSA) is 54.0 Å². The van der Waals surface area contributed by atoms with Gasteiger partial charge in [-0.2, -0.15) is 0 Å². The highest BCUT2D eigenvalue weighted by molar-refractivity contribution is 5.74. The molecule has 2 aromatic rings. The maximum absolute atomic E-state index is 12.7. The summed E-state index contributed by atoms with van der Waals surface area (Å²) < 4.78 is 47.7. The van der Waals surface area contributed by atoms with Gasteiger partial charge in [-0.05, 0) is 37.5 Å². The first-order valence-corrected chi connectivity index (χ1v) is 10.7. The average Bonchev–Trinajstić information content (AvgIpc) is 2.81. The van der Waals surface area contributed by atoms with Gasteiger partial charge in [0.25, 0.3) is 0 Å². The molecule has 3 rings (SSSR count). The number of amides is 1. The minimum Gasteiger partial charge on any atom is -0.445 e. The lowest BCUT2D eigenvalue weighted by atomic mass is 10.1. The van der Waals surface area contributed by atoms with Crippen LogP contribution in [0.2, 0.25) is 0 Å². The Labute approximate surface area is 191 Å². The Bertz CT molecular complexity index is 964.